The van der Waals surface area contributed by atoms with Crippen LogP contribution < -0.4 is 10.0 Å². The lowest BCUT2D eigenvalue weighted by Crippen LogP contribution is -2.48. The van der Waals surface area contributed by atoms with E-state index in [2.05, 4.69) is 10.1 Å². The van der Waals surface area contributed by atoms with Crippen LogP contribution in [-0.4, -0.2) is 63.3 Å². The van der Waals surface area contributed by atoms with Gasteiger partial charge in [-0.2, -0.15) is 12.7 Å². The summed E-state index contributed by atoms with van der Waals surface area (Å²) in [5.41, 5.74) is 0. The van der Waals surface area contributed by atoms with Gasteiger partial charge in [-0.15, -0.1) is 0 Å². The largest absolute Gasteiger partial charge is 0.452 e. The Hall–Kier alpha value is -0.900. The number of nitrogens with one attached hydrogen (secondary N) is 2. The Bertz CT molecular complexity index is 366. The van der Waals surface area contributed by atoms with E-state index in [9.17, 15) is 13.2 Å². The number of hydrogen-bond donors (Lipinski definition) is 3. The molecule has 0 aromatic carbocycles. The molecule has 0 spiro atoms. The molecule has 1 aliphatic rings. The van der Waals surface area contributed by atoms with Gasteiger partial charge >= 0.3 is 16.3 Å². The van der Waals surface area contributed by atoms with Gasteiger partial charge in [-0.1, -0.05) is 0 Å². The number of aliphatic hydroxyl groups is 1. The molecular weight excluding hydrogens is 262 g/mol. The number of nitrogens with zero attached hydrogens (tertiary/aromatic N) is 1. The van der Waals surface area contributed by atoms with Gasteiger partial charge in [0.05, 0.1) is 13.7 Å². The number of aliphatic hydroxyl groups excluding tert-OH is 1. The lowest BCUT2D eigenvalue weighted by molar-refractivity contribution is 0.176. The molecule has 0 bridgehead atoms. The summed E-state index contributed by atoms with van der Waals surface area (Å²) < 4.78 is 30.8. The Balaban J connectivity index is 2.66. The summed E-state index contributed by atoms with van der Waals surface area (Å²) in [6.45, 7) is 0.689. The molecule has 1 amide bonds. The summed E-state index contributed by atoms with van der Waals surface area (Å²) in [5.74, 6) is 0. The van der Waals surface area contributed by atoms with Gasteiger partial charge in [-0.05, 0) is 19.4 Å². The van der Waals surface area contributed by atoms with Crippen molar-refractivity contribution >= 4 is 16.3 Å². The van der Waals surface area contributed by atoms with Crippen LogP contribution in [0.1, 0.15) is 12.8 Å². The normalized spacial score (nSPS) is 20.1. The highest BCUT2D eigenvalue weighted by molar-refractivity contribution is 7.87. The van der Waals surface area contributed by atoms with Crippen LogP contribution in [0.4, 0.5) is 4.79 Å². The molecule has 0 saturated carbocycles. The lowest BCUT2D eigenvalue weighted by Gasteiger charge is -2.24. The van der Waals surface area contributed by atoms with Crippen LogP contribution in [0.5, 0.6) is 0 Å². The average molecular weight is 281 g/mol. The fourth-order valence-electron chi connectivity index (χ4n) is 1.79. The number of methoxy groups -OCH3 is 1. The van der Waals surface area contributed by atoms with Gasteiger partial charge in [0.1, 0.15) is 0 Å². The minimum absolute atomic E-state index is 0.0470. The molecule has 1 rings (SSSR count). The first kappa shape index (κ1) is 15.2. The van der Waals surface area contributed by atoms with Crippen molar-refractivity contribution in [3.05, 3.63) is 0 Å². The second-order valence-corrected chi connectivity index (χ2v) is 5.64. The highest BCUT2D eigenvalue weighted by Gasteiger charge is 2.28. The predicted octanol–water partition coefficient (Wildman–Crippen LogP) is -1.37. The van der Waals surface area contributed by atoms with Crippen LogP contribution in [0.3, 0.4) is 0 Å². The van der Waals surface area contributed by atoms with Gasteiger partial charge in [0, 0.05) is 19.1 Å². The third-order valence-corrected chi connectivity index (χ3v) is 4.11. The first-order valence-electron chi connectivity index (χ1n) is 5.69. The standard InChI is InChI=1S/C9H19N3O5S/c1-17-9(14)11-18(15,16)12(5-6-13)7-8-3-2-4-10-8/h8,10,13H,2-7H2,1H3,(H,11,14). The number of carbonyl (C=O) groups excluding carboxylic acids is 1. The second kappa shape index (κ2) is 6.88. The molecule has 1 heterocycles. The van der Waals surface area contributed by atoms with Crippen molar-refractivity contribution in [2.75, 3.05) is 33.4 Å². The van der Waals surface area contributed by atoms with Crippen molar-refractivity contribution in [1.29, 1.82) is 0 Å². The van der Waals surface area contributed by atoms with Gasteiger partial charge in [0.25, 0.3) is 0 Å². The molecule has 1 fully saturated rings. The van der Waals surface area contributed by atoms with Gasteiger partial charge in [-0.25, -0.2) is 9.52 Å². The summed E-state index contributed by atoms with van der Waals surface area (Å²) in [6.07, 6.45) is 0.815. The summed E-state index contributed by atoms with van der Waals surface area (Å²) in [6, 6.07) is 0.0470. The van der Waals surface area contributed by atoms with Crippen molar-refractivity contribution in [3.8, 4) is 0 Å². The van der Waals surface area contributed by atoms with Crippen LogP contribution in [0, 0.1) is 0 Å². The Morgan fingerprint density at radius 3 is 2.83 bits per heavy atom. The highest BCUT2D eigenvalue weighted by atomic mass is 32.2. The van der Waals surface area contributed by atoms with Crippen LogP contribution in [0.25, 0.3) is 0 Å². The lowest BCUT2D eigenvalue weighted by atomic mass is 10.2. The van der Waals surface area contributed by atoms with Crippen LogP contribution in [0.15, 0.2) is 0 Å². The number of hydrogen-bond acceptors (Lipinski definition) is 6. The van der Waals surface area contributed by atoms with Crippen molar-refractivity contribution in [1.82, 2.24) is 14.3 Å². The van der Waals surface area contributed by atoms with E-state index in [1.807, 2.05) is 0 Å². The third-order valence-electron chi connectivity index (χ3n) is 2.67. The number of amides is 1. The molecule has 1 atom stereocenters. The number of carbonyl (C=O) groups is 1. The van der Waals surface area contributed by atoms with Gasteiger partial charge in [-0.3, -0.25) is 0 Å². The van der Waals surface area contributed by atoms with Crippen molar-refractivity contribution in [2.45, 2.75) is 18.9 Å². The molecule has 0 aromatic rings. The zero-order valence-electron chi connectivity index (χ0n) is 10.3. The molecule has 1 saturated heterocycles. The summed E-state index contributed by atoms with van der Waals surface area (Å²) in [7, 11) is -2.89. The Morgan fingerprint density at radius 2 is 2.33 bits per heavy atom. The van der Waals surface area contributed by atoms with E-state index in [1.54, 1.807) is 4.72 Å². The number of rotatable bonds is 6. The maximum absolute atomic E-state index is 11.9. The molecule has 9 heteroatoms. The number of ether oxygens (including phenoxy) is 1. The van der Waals surface area contributed by atoms with Crippen LogP contribution in [0.2, 0.25) is 0 Å². The van der Waals surface area contributed by atoms with Crippen molar-refractivity contribution in [3.63, 3.8) is 0 Å². The smallest absolute Gasteiger partial charge is 0.421 e. The molecule has 18 heavy (non-hydrogen) atoms. The van der Waals surface area contributed by atoms with Crippen molar-refractivity contribution in [2.24, 2.45) is 0 Å². The van der Waals surface area contributed by atoms with E-state index in [0.29, 0.717) is 0 Å². The monoisotopic (exact) mass is 281 g/mol. The summed E-state index contributed by atoms with van der Waals surface area (Å²) in [4.78, 5) is 11.0. The zero-order chi connectivity index (χ0) is 13.6. The summed E-state index contributed by atoms with van der Waals surface area (Å²) >= 11 is 0. The molecule has 1 unspecified atom stereocenters. The fourth-order valence-corrected chi connectivity index (χ4v) is 2.91. The van der Waals surface area contributed by atoms with Crippen molar-refractivity contribution < 1.29 is 23.1 Å². The van der Waals surface area contributed by atoms with Gasteiger partial charge in [0.2, 0.25) is 0 Å². The molecule has 0 radical (unpaired) electrons. The molecular formula is C9H19N3O5S. The fraction of sp³-hybridized carbons (Fsp3) is 0.889. The van der Waals surface area contributed by atoms with E-state index in [1.165, 1.54) is 0 Å². The SMILES string of the molecule is COC(=O)NS(=O)(=O)N(CCO)CC1CCCN1. The summed E-state index contributed by atoms with van der Waals surface area (Å²) in [5, 5.41) is 12.0. The Kier molecular flexibility index (Phi) is 5.79. The quantitative estimate of drug-likeness (QED) is 0.554. The van der Waals surface area contributed by atoms with E-state index in [-0.39, 0.29) is 25.7 Å². The minimum Gasteiger partial charge on any atom is -0.452 e. The zero-order valence-corrected chi connectivity index (χ0v) is 11.1. The van der Waals surface area contributed by atoms with Crippen LogP contribution >= 0.6 is 0 Å². The minimum atomic E-state index is -3.97. The van der Waals surface area contributed by atoms with Gasteiger partial charge < -0.3 is 15.2 Å². The first-order chi connectivity index (χ1) is 8.49. The maximum Gasteiger partial charge on any atom is 0.421 e. The molecule has 0 aromatic heterocycles. The Morgan fingerprint density at radius 1 is 1.61 bits per heavy atom. The molecule has 3 N–H and O–H groups in total. The second-order valence-electron chi connectivity index (χ2n) is 3.97. The van der Waals surface area contributed by atoms with E-state index in [4.69, 9.17) is 5.11 Å². The molecule has 106 valence electrons. The van der Waals surface area contributed by atoms with Gasteiger partial charge in [0.15, 0.2) is 0 Å². The Labute approximate surface area is 106 Å². The maximum atomic E-state index is 11.9. The van der Waals surface area contributed by atoms with E-state index < -0.39 is 16.3 Å². The van der Waals surface area contributed by atoms with E-state index >= 15 is 0 Å². The third kappa shape index (κ3) is 4.41. The molecule has 1 aliphatic heterocycles. The topological polar surface area (TPSA) is 108 Å². The van der Waals surface area contributed by atoms with Crippen LogP contribution in [-0.2, 0) is 14.9 Å². The molecule has 8 nitrogen and oxygen atoms in total. The highest BCUT2D eigenvalue weighted by Crippen LogP contribution is 2.09. The molecule has 0 aliphatic carbocycles. The van der Waals surface area contributed by atoms with E-state index in [0.717, 1.165) is 30.8 Å². The first-order valence-corrected chi connectivity index (χ1v) is 7.13. The average Bonchev–Trinajstić information content (AvgIpc) is 2.80. The predicted molar refractivity (Wildman–Crippen MR) is 64.1 cm³/mol.